The quantitative estimate of drug-likeness (QED) is 0.756. The van der Waals surface area contributed by atoms with Gasteiger partial charge in [0.15, 0.2) is 17.4 Å². The predicted octanol–water partition coefficient (Wildman–Crippen LogP) is 4.42. The second-order valence-corrected chi connectivity index (χ2v) is 4.20. The summed E-state index contributed by atoms with van der Waals surface area (Å²) in [5.41, 5.74) is 0.951. The molecule has 0 aliphatic heterocycles. The van der Waals surface area contributed by atoms with Crippen molar-refractivity contribution in [1.29, 1.82) is 0 Å². The van der Waals surface area contributed by atoms with Gasteiger partial charge in [-0.3, -0.25) is 0 Å². The first kappa shape index (κ1) is 13.7. The van der Waals surface area contributed by atoms with Crippen LogP contribution in [-0.2, 0) is 12.5 Å². The minimum absolute atomic E-state index is 0.0199. The molecule has 5 heteroatoms. The van der Waals surface area contributed by atoms with Crippen LogP contribution in [0, 0.1) is 17.5 Å². The van der Waals surface area contributed by atoms with Crippen molar-refractivity contribution in [2.75, 3.05) is 0 Å². The minimum atomic E-state index is -0.808. The van der Waals surface area contributed by atoms with E-state index in [0.29, 0.717) is 11.1 Å². The minimum Gasteiger partial charge on any atom is -0.483 e. The molecule has 0 fully saturated rings. The zero-order valence-corrected chi connectivity index (χ0v) is 10.6. The molecule has 0 amide bonds. The van der Waals surface area contributed by atoms with Crippen LogP contribution < -0.4 is 4.74 Å². The summed E-state index contributed by atoms with van der Waals surface area (Å²) in [7, 11) is 0. The Kier molecular flexibility index (Phi) is 4.32. The lowest BCUT2D eigenvalue weighted by atomic mass is 10.2. The van der Waals surface area contributed by atoms with E-state index < -0.39 is 17.4 Å². The van der Waals surface area contributed by atoms with Gasteiger partial charge in [-0.05, 0) is 35.4 Å². The molecular weight excluding hydrogens is 277 g/mol. The second kappa shape index (κ2) is 5.97. The lowest BCUT2D eigenvalue weighted by Crippen LogP contribution is -2.01. The van der Waals surface area contributed by atoms with E-state index in [0.717, 1.165) is 12.1 Å². The zero-order chi connectivity index (χ0) is 13.8. The summed E-state index contributed by atoms with van der Waals surface area (Å²) in [6, 6.07) is 7.71. The molecule has 0 heterocycles. The van der Waals surface area contributed by atoms with Gasteiger partial charge in [0, 0.05) is 5.88 Å². The SMILES string of the molecule is Fc1ccc(COc2c(F)cc(CCl)cc2F)cc1. The van der Waals surface area contributed by atoms with Crippen LogP contribution in [0.5, 0.6) is 5.75 Å². The summed E-state index contributed by atoms with van der Waals surface area (Å²) in [5.74, 6) is -2.44. The van der Waals surface area contributed by atoms with Crippen LogP contribution in [0.1, 0.15) is 11.1 Å². The van der Waals surface area contributed by atoms with Gasteiger partial charge in [0.1, 0.15) is 12.4 Å². The van der Waals surface area contributed by atoms with Crippen molar-refractivity contribution < 1.29 is 17.9 Å². The highest BCUT2D eigenvalue weighted by molar-refractivity contribution is 6.17. The molecule has 0 N–H and O–H groups in total. The molecule has 2 rings (SSSR count). The third-order valence-corrected chi connectivity index (χ3v) is 2.82. The largest absolute Gasteiger partial charge is 0.483 e. The van der Waals surface area contributed by atoms with E-state index in [9.17, 15) is 13.2 Å². The van der Waals surface area contributed by atoms with Crippen LogP contribution in [-0.4, -0.2) is 0 Å². The van der Waals surface area contributed by atoms with Crippen molar-refractivity contribution in [2.45, 2.75) is 12.5 Å². The van der Waals surface area contributed by atoms with Crippen molar-refractivity contribution in [2.24, 2.45) is 0 Å². The van der Waals surface area contributed by atoms with Gasteiger partial charge in [-0.25, -0.2) is 13.2 Å². The summed E-state index contributed by atoms with van der Waals surface area (Å²) < 4.78 is 44.9. The summed E-state index contributed by atoms with van der Waals surface area (Å²) in [6.07, 6.45) is 0. The van der Waals surface area contributed by atoms with E-state index >= 15 is 0 Å². The van der Waals surface area contributed by atoms with E-state index in [-0.39, 0.29) is 18.3 Å². The molecular formula is C14H10ClF3O. The Morgan fingerprint density at radius 2 is 1.47 bits per heavy atom. The molecule has 2 aromatic rings. The van der Waals surface area contributed by atoms with Gasteiger partial charge in [-0.2, -0.15) is 0 Å². The van der Waals surface area contributed by atoms with Crippen LogP contribution in [0.4, 0.5) is 13.2 Å². The number of hydrogen-bond donors (Lipinski definition) is 0. The third-order valence-electron chi connectivity index (χ3n) is 2.51. The fourth-order valence-corrected chi connectivity index (χ4v) is 1.72. The van der Waals surface area contributed by atoms with Crippen molar-refractivity contribution in [3.63, 3.8) is 0 Å². The number of halogens is 4. The highest BCUT2D eigenvalue weighted by Gasteiger charge is 2.12. The van der Waals surface area contributed by atoms with Crippen LogP contribution in [0.2, 0.25) is 0 Å². The standard InChI is InChI=1S/C14H10ClF3O/c15-7-10-5-12(17)14(13(18)6-10)19-8-9-1-3-11(16)4-2-9/h1-6H,7-8H2. The molecule has 0 aromatic heterocycles. The third kappa shape index (κ3) is 3.41. The number of rotatable bonds is 4. The van der Waals surface area contributed by atoms with Gasteiger partial charge < -0.3 is 4.74 Å². The Hall–Kier alpha value is -1.68. The highest BCUT2D eigenvalue weighted by atomic mass is 35.5. The monoisotopic (exact) mass is 286 g/mol. The molecule has 2 aromatic carbocycles. The molecule has 100 valence electrons. The van der Waals surface area contributed by atoms with Gasteiger partial charge in [0.05, 0.1) is 0 Å². The fraction of sp³-hybridized carbons (Fsp3) is 0.143. The van der Waals surface area contributed by atoms with Crippen LogP contribution >= 0.6 is 11.6 Å². The Morgan fingerprint density at radius 1 is 0.895 bits per heavy atom. The average Bonchev–Trinajstić information content (AvgIpc) is 2.39. The van der Waals surface area contributed by atoms with Gasteiger partial charge in [-0.1, -0.05) is 12.1 Å². The van der Waals surface area contributed by atoms with Crippen molar-refractivity contribution in [1.82, 2.24) is 0 Å². The number of ether oxygens (including phenoxy) is 1. The van der Waals surface area contributed by atoms with E-state index in [1.165, 1.54) is 24.3 Å². The van der Waals surface area contributed by atoms with Crippen LogP contribution in [0.15, 0.2) is 36.4 Å². The normalized spacial score (nSPS) is 10.5. The molecule has 19 heavy (non-hydrogen) atoms. The van der Waals surface area contributed by atoms with E-state index in [1.54, 1.807) is 0 Å². The second-order valence-electron chi connectivity index (χ2n) is 3.94. The Morgan fingerprint density at radius 3 is 2.00 bits per heavy atom. The molecule has 0 aliphatic rings. The molecule has 0 bridgehead atoms. The number of hydrogen-bond acceptors (Lipinski definition) is 1. The van der Waals surface area contributed by atoms with Crippen molar-refractivity contribution >= 4 is 11.6 Å². The fourth-order valence-electron chi connectivity index (χ4n) is 1.56. The topological polar surface area (TPSA) is 9.23 Å². The van der Waals surface area contributed by atoms with Crippen molar-refractivity contribution in [3.05, 3.63) is 65.0 Å². The Balaban J connectivity index is 2.13. The summed E-state index contributed by atoms with van der Waals surface area (Å²) >= 11 is 5.50. The Bertz CT molecular complexity index is 546. The van der Waals surface area contributed by atoms with Gasteiger partial charge in [0.2, 0.25) is 0 Å². The molecule has 0 spiro atoms. The van der Waals surface area contributed by atoms with Gasteiger partial charge in [-0.15, -0.1) is 11.6 Å². The maximum atomic E-state index is 13.6. The van der Waals surface area contributed by atoms with E-state index in [4.69, 9.17) is 16.3 Å². The first-order valence-corrected chi connectivity index (χ1v) is 6.04. The number of benzene rings is 2. The number of alkyl halides is 1. The zero-order valence-electron chi connectivity index (χ0n) is 9.80. The summed E-state index contributed by atoms with van der Waals surface area (Å²) in [6.45, 7) is -0.0473. The first-order chi connectivity index (χ1) is 9.10. The maximum Gasteiger partial charge on any atom is 0.191 e. The molecule has 0 unspecified atom stereocenters. The predicted molar refractivity (Wildman–Crippen MR) is 66.6 cm³/mol. The average molecular weight is 287 g/mol. The molecule has 0 atom stereocenters. The highest BCUT2D eigenvalue weighted by Crippen LogP contribution is 2.25. The lowest BCUT2D eigenvalue weighted by Gasteiger charge is -2.09. The van der Waals surface area contributed by atoms with Gasteiger partial charge >= 0.3 is 0 Å². The van der Waals surface area contributed by atoms with Gasteiger partial charge in [0.25, 0.3) is 0 Å². The first-order valence-electron chi connectivity index (χ1n) is 5.51. The molecule has 1 nitrogen and oxygen atoms in total. The smallest absolute Gasteiger partial charge is 0.191 e. The van der Waals surface area contributed by atoms with Crippen molar-refractivity contribution in [3.8, 4) is 5.75 Å². The maximum absolute atomic E-state index is 13.6. The summed E-state index contributed by atoms with van der Waals surface area (Å²) in [5, 5.41) is 0. The van der Waals surface area contributed by atoms with Crippen LogP contribution in [0.25, 0.3) is 0 Å². The molecule has 0 saturated carbocycles. The summed E-state index contributed by atoms with van der Waals surface area (Å²) in [4.78, 5) is 0. The lowest BCUT2D eigenvalue weighted by molar-refractivity contribution is 0.274. The van der Waals surface area contributed by atoms with E-state index in [2.05, 4.69) is 0 Å². The van der Waals surface area contributed by atoms with Crippen LogP contribution in [0.3, 0.4) is 0 Å². The Labute approximate surface area is 113 Å². The molecule has 0 aliphatic carbocycles. The van der Waals surface area contributed by atoms with E-state index in [1.807, 2.05) is 0 Å². The molecule has 0 radical (unpaired) electrons. The molecule has 0 saturated heterocycles.